The van der Waals surface area contributed by atoms with Gasteiger partial charge in [0.2, 0.25) is 5.95 Å². The SMILES string of the molecule is Cc1cc(N2CCCCC2)nc(Nc2ccc(NC(=O)c3cnccn3)cc2)n1. The van der Waals surface area contributed by atoms with E-state index in [1.807, 2.05) is 37.3 Å². The zero-order valence-electron chi connectivity index (χ0n) is 16.3. The maximum absolute atomic E-state index is 12.2. The van der Waals surface area contributed by atoms with E-state index < -0.39 is 0 Å². The van der Waals surface area contributed by atoms with E-state index in [2.05, 4.69) is 35.5 Å². The first kappa shape index (κ1) is 18.8. The highest BCUT2D eigenvalue weighted by Gasteiger charge is 2.14. The lowest BCUT2D eigenvalue weighted by Gasteiger charge is -2.28. The highest BCUT2D eigenvalue weighted by molar-refractivity contribution is 6.02. The minimum Gasteiger partial charge on any atom is -0.356 e. The van der Waals surface area contributed by atoms with Gasteiger partial charge in [0.25, 0.3) is 5.91 Å². The van der Waals surface area contributed by atoms with Crippen LogP contribution in [0.5, 0.6) is 0 Å². The van der Waals surface area contributed by atoms with E-state index in [0.29, 0.717) is 11.6 Å². The van der Waals surface area contributed by atoms with Gasteiger partial charge in [-0.25, -0.2) is 9.97 Å². The highest BCUT2D eigenvalue weighted by atomic mass is 16.1. The summed E-state index contributed by atoms with van der Waals surface area (Å²) in [4.78, 5) is 31.6. The van der Waals surface area contributed by atoms with Crippen molar-refractivity contribution < 1.29 is 4.79 Å². The summed E-state index contributed by atoms with van der Waals surface area (Å²) in [6.07, 6.45) is 8.13. The third kappa shape index (κ3) is 4.84. The van der Waals surface area contributed by atoms with Crippen LogP contribution in [0.1, 0.15) is 35.4 Å². The summed E-state index contributed by atoms with van der Waals surface area (Å²) in [7, 11) is 0. The van der Waals surface area contributed by atoms with Crippen LogP contribution in [0.2, 0.25) is 0 Å². The first-order chi connectivity index (χ1) is 14.2. The molecular formula is C21H23N7O. The quantitative estimate of drug-likeness (QED) is 0.689. The molecule has 1 aromatic carbocycles. The smallest absolute Gasteiger partial charge is 0.275 e. The molecule has 0 saturated carbocycles. The summed E-state index contributed by atoms with van der Waals surface area (Å²) >= 11 is 0. The zero-order valence-corrected chi connectivity index (χ0v) is 16.3. The Kier molecular flexibility index (Phi) is 5.60. The Hall–Kier alpha value is -3.55. The molecule has 0 radical (unpaired) electrons. The predicted octanol–water partition coefficient (Wildman–Crippen LogP) is 3.56. The van der Waals surface area contributed by atoms with E-state index in [1.54, 1.807) is 0 Å². The number of aryl methyl sites for hydroxylation is 1. The molecule has 1 aliphatic heterocycles. The van der Waals surface area contributed by atoms with Gasteiger partial charge < -0.3 is 15.5 Å². The van der Waals surface area contributed by atoms with Crippen LogP contribution in [-0.2, 0) is 0 Å². The number of anilines is 4. The molecule has 1 saturated heterocycles. The van der Waals surface area contributed by atoms with Crippen LogP contribution in [0.25, 0.3) is 0 Å². The van der Waals surface area contributed by atoms with Crippen LogP contribution < -0.4 is 15.5 Å². The first-order valence-corrected chi connectivity index (χ1v) is 9.72. The minimum absolute atomic E-state index is 0.271. The van der Waals surface area contributed by atoms with Crippen LogP contribution in [0.15, 0.2) is 48.9 Å². The van der Waals surface area contributed by atoms with Gasteiger partial charge in [0.05, 0.1) is 6.20 Å². The third-order valence-corrected chi connectivity index (χ3v) is 4.72. The Labute approximate surface area is 169 Å². The summed E-state index contributed by atoms with van der Waals surface area (Å²) in [5.74, 6) is 1.24. The number of rotatable bonds is 5. The Bertz CT molecular complexity index is 970. The lowest BCUT2D eigenvalue weighted by molar-refractivity contribution is 0.102. The lowest BCUT2D eigenvalue weighted by Crippen LogP contribution is -2.30. The highest BCUT2D eigenvalue weighted by Crippen LogP contribution is 2.22. The van der Waals surface area contributed by atoms with E-state index >= 15 is 0 Å². The van der Waals surface area contributed by atoms with E-state index in [4.69, 9.17) is 0 Å². The number of amides is 1. The molecule has 0 unspecified atom stereocenters. The molecule has 4 rings (SSSR count). The molecule has 0 bridgehead atoms. The number of piperidine rings is 1. The van der Waals surface area contributed by atoms with Crippen molar-refractivity contribution in [2.45, 2.75) is 26.2 Å². The summed E-state index contributed by atoms with van der Waals surface area (Å²) in [5.41, 5.74) is 2.71. The molecule has 8 nitrogen and oxygen atoms in total. The minimum atomic E-state index is -0.299. The van der Waals surface area contributed by atoms with Gasteiger partial charge in [-0.15, -0.1) is 0 Å². The fourth-order valence-corrected chi connectivity index (χ4v) is 3.27. The van der Waals surface area contributed by atoms with Crippen molar-refractivity contribution in [3.8, 4) is 0 Å². The van der Waals surface area contributed by atoms with Crippen molar-refractivity contribution in [1.29, 1.82) is 0 Å². The van der Waals surface area contributed by atoms with Gasteiger partial charge in [-0.2, -0.15) is 4.98 Å². The van der Waals surface area contributed by atoms with Crippen LogP contribution in [-0.4, -0.2) is 38.9 Å². The lowest BCUT2D eigenvalue weighted by atomic mass is 10.1. The fraction of sp³-hybridized carbons (Fsp3) is 0.286. The Balaban J connectivity index is 1.43. The number of aromatic nitrogens is 4. The molecule has 1 fully saturated rings. The van der Waals surface area contributed by atoms with Gasteiger partial charge in [0.15, 0.2) is 0 Å². The second-order valence-electron chi connectivity index (χ2n) is 6.99. The number of carbonyl (C=O) groups excluding carboxylic acids is 1. The second kappa shape index (κ2) is 8.64. The summed E-state index contributed by atoms with van der Waals surface area (Å²) in [6, 6.07) is 9.41. The Morgan fingerprint density at radius 3 is 2.48 bits per heavy atom. The van der Waals surface area contributed by atoms with Gasteiger partial charge in [0, 0.05) is 48.6 Å². The maximum Gasteiger partial charge on any atom is 0.275 e. The van der Waals surface area contributed by atoms with E-state index in [-0.39, 0.29) is 11.6 Å². The van der Waals surface area contributed by atoms with Crippen molar-refractivity contribution in [1.82, 2.24) is 19.9 Å². The first-order valence-electron chi connectivity index (χ1n) is 9.72. The van der Waals surface area contributed by atoms with E-state index in [1.165, 1.54) is 37.9 Å². The topological polar surface area (TPSA) is 95.9 Å². The number of hydrogen-bond acceptors (Lipinski definition) is 7. The van der Waals surface area contributed by atoms with Crippen LogP contribution in [0.3, 0.4) is 0 Å². The molecule has 3 aromatic rings. The van der Waals surface area contributed by atoms with E-state index in [9.17, 15) is 4.79 Å². The summed E-state index contributed by atoms with van der Waals surface area (Å²) in [6.45, 7) is 4.05. The Morgan fingerprint density at radius 1 is 1.00 bits per heavy atom. The number of nitrogens with zero attached hydrogens (tertiary/aromatic N) is 5. The van der Waals surface area contributed by atoms with Crippen molar-refractivity contribution in [2.24, 2.45) is 0 Å². The van der Waals surface area contributed by atoms with Crippen LogP contribution in [0, 0.1) is 6.92 Å². The van der Waals surface area contributed by atoms with Crippen molar-refractivity contribution >= 4 is 29.0 Å². The van der Waals surface area contributed by atoms with Gasteiger partial charge in [-0.05, 0) is 50.5 Å². The normalized spacial score (nSPS) is 13.8. The average Bonchev–Trinajstić information content (AvgIpc) is 2.76. The number of carbonyl (C=O) groups is 1. The molecule has 3 heterocycles. The summed E-state index contributed by atoms with van der Waals surface area (Å²) < 4.78 is 0. The standard InChI is InChI=1S/C21H23N7O/c1-15-13-19(28-11-3-2-4-12-28)27-21(24-15)26-17-7-5-16(6-8-17)25-20(29)18-14-22-9-10-23-18/h5-10,13-14H,2-4,11-12H2,1H3,(H,25,29)(H,24,26,27). The molecule has 8 heteroatoms. The molecule has 2 N–H and O–H groups in total. The molecule has 1 amide bonds. The van der Waals surface area contributed by atoms with Gasteiger partial charge in [0.1, 0.15) is 11.5 Å². The zero-order chi connectivity index (χ0) is 20.1. The number of nitrogens with one attached hydrogen (secondary N) is 2. The fourth-order valence-electron chi connectivity index (χ4n) is 3.27. The Morgan fingerprint density at radius 2 is 1.76 bits per heavy atom. The van der Waals surface area contributed by atoms with Crippen LogP contribution >= 0.6 is 0 Å². The van der Waals surface area contributed by atoms with E-state index in [0.717, 1.165) is 30.3 Å². The number of hydrogen-bond donors (Lipinski definition) is 2. The molecule has 0 atom stereocenters. The largest absolute Gasteiger partial charge is 0.356 e. The molecular weight excluding hydrogens is 366 g/mol. The predicted molar refractivity (Wildman–Crippen MR) is 113 cm³/mol. The molecule has 2 aromatic heterocycles. The summed E-state index contributed by atoms with van der Waals surface area (Å²) in [5, 5.41) is 6.06. The monoisotopic (exact) mass is 389 g/mol. The van der Waals surface area contributed by atoms with Gasteiger partial charge >= 0.3 is 0 Å². The molecule has 1 aliphatic rings. The van der Waals surface area contributed by atoms with Gasteiger partial charge in [-0.1, -0.05) is 0 Å². The second-order valence-corrected chi connectivity index (χ2v) is 6.99. The van der Waals surface area contributed by atoms with Crippen LogP contribution in [0.4, 0.5) is 23.1 Å². The van der Waals surface area contributed by atoms with Crippen molar-refractivity contribution in [2.75, 3.05) is 28.6 Å². The number of benzene rings is 1. The molecule has 148 valence electrons. The maximum atomic E-state index is 12.2. The molecule has 0 spiro atoms. The molecule has 0 aliphatic carbocycles. The van der Waals surface area contributed by atoms with Gasteiger partial charge in [-0.3, -0.25) is 9.78 Å². The average molecular weight is 389 g/mol. The third-order valence-electron chi connectivity index (χ3n) is 4.72. The molecule has 29 heavy (non-hydrogen) atoms. The van der Waals surface area contributed by atoms with Crippen molar-refractivity contribution in [3.63, 3.8) is 0 Å². The van der Waals surface area contributed by atoms with Crippen molar-refractivity contribution in [3.05, 3.63) is 60.3 Å².